The molecule has 6 nitrogen and oxygen atoms in total. The van der Waals surface area contributed by atoms with E-state index in [2.05, 4.69) is 14.9 Å². The van der Waals surface area contributed by atoms with Gasteiger partial charge in [-0.25, -0.2) is 4.98 Å². The third-order valence-electron chi connectivity index (χ3n) is 3.86. The SMILES string of the molecule is CCOc1ccccc1C(=O)N1CCN(c2cnccn2)CC1. The smallest absolute Gasteiger partial charge is 0.257 e. The molecule has 3 rings (SSSR count). The van der Waals surface area contributed by atoms with Crippen molar-refractivity contribution in [1.29, 1.82) is 0 Å². The van der Waals surface area contributed by atoms with Gasteiger partial charge in [0.1, 0.15) is 11.6 Å². The van der Waals surface area contributed by atoms with Crippen LogP contribution in [0.3, 0.4) is 0 Å². The highest BCUT2D eigenvalue weighted by Crippen LogP contribution is 2.21. The van der Waals surface area contributed by atoms with Crippen molar-refractivity contribution in [3.05, 3.63) is 48.4 Å². The van der Waals surface area contributed by atoms with Gasteiger partial charge in [0.2, 0.25) is 0 Å². The Kier molecular flexibility index (Phi) is 4.71. The van der Waals surface area contributed by atoms with Crippen LogP contribution in [0.2, 0.25) is 0 Å². The number of carbonyl (C=O) groups is 1. The summed E-state index contributed by atoms with van der Waals surface area (Å²) in [6.45, 7) is 5.29. The summed E-state index contributed by atoms with van der Waals surface area (Å²) in [5.74, 6) is 1.53. The lowest BCUT2D eigenvalue weighted by atomic mass is 10.1. The normalized spacial score (nSPS) is 14.7. The first kappa shape index (κ1) is 15.3. The number of anilines is 1. The fourth-order valence-corrected chi connectivity index (χ4v) is 2.69. The average Bonchev–Trinajstić information content (AvgIpc) is 2.63. The number of benzene rings is 1. The number of para-hydroxylation sites is 1. The fourth-order valence-electron chi connectivity index (χ4n) is 2.69. The highest BCUT2D eigenvalue weighted by Gasteiger charge is 2.24. The number of carbonyl (C=O) groups excluding carboxylic acids is 1. The van der Waals surface area contributed by atoms with Crippen molar-refractivity contribution in [2.75, 3.05) is 37.7 Å². The molecule has 2 heterocycles. The van der Waals surface area contributed by atoms with Gasteiger partial charge in [0.15, 0.2) is 0 Å². The van der Waals surface area contributed by atoms with Gasteiger partial charge in [-0.15, -0.1) is 0 Å². The second-order valence-corrected chi connectivity index (χ2v) is 5.27. The maximum absolute atomic E-state index is 12.7. The van der Waals surface area contributed by atoms with E-state index >= 15 is 0 Å². The molecule has 1 aromatic heterocycles. The zero-order valence-corrected chi connectivity index (χ0v) is 13.2. The summed E-state index contributed by atoms with van der Waals surface area (Å²) in [6, 6.07) is 7.41. The highest BCUT2D eigenvalue weighted by atomic mass is 16.5. The van der Waals surface area contributed by atoms with Gasteiger partial charge < -0.3 is 14.5 Å². The Morgan fingerprint density at radius 2 is 1.96 bits per heavy atom. The first-order chi connectivity index (χ1) is 11.3. The van der Waals surface area contributed by atoms with E-state index in [9.17, 15) is 4.79 Å². The molecule has 1 aliphatic rings. The quantitative estimate of drug-likeness (QED) is 0.862. The second-order valence-electron chi connectivity index (χ2n) is 5.27. The summed E-state index contributed by atoms with van der Waals surface area (Å²) in [5, 5.41) is 0. The minimum Gasteiger partial charge on any atom is -0.493 e. The predicted octanol–water partition coefficient (Wildman–Crippen LogP) is 1.84. The number of nitrogens with zero attached hydrogens (tertiary/aromatic N) is 4. The van der Waals surface area contributed by atoms with Crippen LogP contribution in [0, 0.1) is 0 Å². The lowest BCUT2D eigenvalue weighted by Gasteiger charge is -2.35. The number of ether oxygens (including phenoxy) is 1. The van der Waals surface area contributed by atoms with Gasteiger partial charge in [-0.05, 0) is 19.1 Å². The average molecular weight is 312 g/mol. The van der Waals surface area contributed by atoms with Crippen LogP contribution in [0.4, 0.5) is 5.82 Å². The minimum absolute atomic E-state index is 0.0212. The van der Waals surface area contributed by atoms with Crippen molar-refractivity contribution in [1.82, 2.24) is 14.9 Å². The van der Waals surface area contributed by atoms with Crippen LogP contribution in [0.25, 0.3) is 0 Å². The first-order valence-electron chi connectivity index (χ1n) is 7.81. The Bertz CT molecular complexity index is 655. The van der Waals surface area contributed by atoms with Crippen LogP contribution in [0.1, 0.15) is 17.3 Å². The maximum Gasteiger partial charge on any atom is 0.257 e. The zero-order valence-electron chi connectivity index (χ0n) is 13.2. The Morgan fingerprint density at radius 3 is 2.65 bits per heavy atom. The molecular weight excluding hydrogens is 292 g/mol. The molecule has 1 fully saturated rings. The predicted molar refractivity (Wildman–Crippen MR) is 87.8 cm³/mol. The van der Waals surface area contributed by atoms with Gasteiger partial charge in [-0.2, -0.15) is 0 Å². The molecule has 1 aromatic carbocycles. The van der Waals surface area contributed by atoms with Gasteiger partial charge in [-0.3, -0.25) is 9.78 Å². The molecule has 2 aromatic rings. The Morgan fingerprint density at radius 1 is 1.17 bits per heavy atom. The summed E-state index contributed by atoms with van der Waals surface area (Å²) in [7, 11) is 0. The summed E-state index contributed by atoms with van der Waals surface area (Å²) >= 11 is 0. The first-order valence-corrected chi connectivity index (χ1v) is 7.81. The molecule has 6 heteroatoms. The van der Waals surface area contributed by atoms with Crippen LogP contribution in [0.15, 0.2) is 42.9 Å². The fraction of sp³-hybridized carbons (Fsp3) is 0.353. The van der Waals surface area contributed by atoms with E-state index in [4.69, 9.17) is 4.74 Å². The number of piperazine rings is 1. The molecule has 0 atom stereocenters. The topological polar surface area (TPSA) is 58.6 Å². The second kappa shape index (κ2) is 7.09. The monoisotopic (exact) mass is 312 g/mol. The van der Waals surface area contributed by atoms with Crippen molar-refractivity contribution in [2.24, 2.45) is 0 Å². The van der Waals surface area contributed by atoms with E-state index in [-0.39, 0.29) is 5.91 Å². The Hall–Kier alpha value is -2.63. The number of hydrogen-bond donors (Lipinski definition) is 0. The molecule has 1 saturated heterocycles. The zero-order chi connectivity index (χ0) is 16.1. The molecule has 1 aliphatic heterocycles. The van der Waals surface area contributed by atoms with Gasteiger partial charge >= 0.3 is 0 Å². The van der Waals surface area contributed by atoms with Crippen molar-refractivity contribution in [3.63, 3.8) is 0 Å². The molecule has 0 spiro atoms. The molecule has 0 radical (unpaired) electrons. The Labute approximate surface area is 135 Å². The number of rotatable bonds is 4. The number of hydrogen-bond acceptors (Lipinski definition) is 5. The molecule has 120 valence electrons. The standard InChI is InChI=1S/C17H20N4O2/c1-2-23-15-6-4-3-5-14(15)17(22)21-11-9-20(10-12-21)16-13-18-7-8-19-16/h3-8,13H,2,9-12H2,1H3. The summed E-state index contributed by atoms with van der Waals surface area (Å²) in [5.41, 5.74) is 0.627. The molecule has 1 amide bonds. The largest absolute Gasteiger partial charge is 0.493 e. The third kappa shape index (κ3) is 3.41. The van der Waals surface area contributed by atoms with Crippen molar-refractivity contribution in [2.45, 2.75) is 6.92 Å². The third-order valence-corrected chi connectivity index (χ3v) is 3.86. The van der Waals surface area contributed by atoms with Crippen molar-refractivity contribution >= 4 is 11.7 Å². The number of amides is 1. The number of aromatic nitrogens is 2. The van der Waals surface area contributed by atoms with E-state index < -0.39 is 0 Å². The maximum atomic E-state index is 12.7. The summed E-state index contributed by atoms with van der Waals surface area (Å²) in [4.78, 5) is 25.1. The van der Waals surface area contributed by atoms with E-state index in [0.717, 1.165) is 18.9 Å². The summed E-state index contributed by atoms with van der Waals surface area (Å²) in [6.07, 6.45) is 5.10. The van der Waals surface area contributed by atoms with Crippen LogP contribution in [-0.4, -0.2) is 53.6 Å². The molecule has 0 bridgehead atoms. The molecule has 0 aliphatic carbocycles. The van der Waals surface area contributed by atoms with Crippen LogP contribution < -0.4 is 9.64 Å². The van der Waals surface area contributed by atoms with E-state index in [1.165, 1.54) is 0 Å². The van der Waals surface area contributed by atoms with Crippen LogP contribution in [-0.2, 0) is 0 Å². The molecule has 23 heavy (non-hydrogen) atoms. The molecule has 0 N–H and O–H groups in total. The molecular formula is C17H20N4O2. The van der Waals surface area contributed by atoms with Crippen molar-refractivity contribution in [3.8, 4) is 5.75 Å². The molecule has 0 saturated carbocycles. The van der Waals surface area contributed by atoms with Gasteiger partial charge in [0, 0.05) is 38.6 Å². The van der Waals surface area contributed by atoms with E-state index in [1.807, 2.05) is 36.1 Å². The van der Waals surface area contributed by atoms with Gasteiger partial charge in [0.25, 0.3) is 5.91 Å². The van der Waals surface area contributed by atoms with Gasteiger partial charge in [-0.1, -0.05) is 12.1 Å². The Balaban J connectivity index is 1.67. The lowest BCUT2D eigenvalue weighted by Crippen LogP contribution is -2.49. The van der Waals surface area contributed by atoms with Gasteiger partial charge in [0.05, 0.1) is 18.4 Å². The highest BCUT2D eigenvalue weighted by molar-refractivity contribution is 5.97. The van der Waals surface area contributed by atoms with Crippen LogP contribution >= 0.6 is 0 Å². The lowest BCUT2D eigenvalue weighted by molar-refractivity contribution is 0.0742. The van der Waals surface area contributed by atoms with Crippen molar-refractivity contribution < 1.29 is 9.53 Å². The minimum atomic E-state index is 0.0212. The van der Waals surface area contributed by atoms with Crippen LogP contribution in [0.5, 0.6) is 5.75 Å². The van der Waals surface area contributed by atoms with E-state index in [0.29, 0.717) is 31.0 Å². The molecule has 0 unspecified atom stereocenters. The van der Waals surface area contributed by atoms with E-state index in [1.54, 1.807) is 18.6 Å². The summed E-state index contributed by atoms with van der Waals surface area (Å²) < 4.78 is 5.56.